The van der Waals surface area contributed by atoms with Crippen LogP contribution in [-0.4, -0.2) is 27.3 Å². The van der Waals surface area contributed by atoms with Gasteiger partial charge in [0.1, 0.15) is 5.60 Å². The van der Waals surface area contributed by atoms with Gasteiger partial charge in [0.25, 0.3) is 5.69 Å². The molecule has 3 aromatic rings. The van der Waals surface area contributed by atoms with Crippen LogP contribution in [-0.2, 0) is 4.74 Å². The minimum absolute atomic E-state index is 0.0957. The molecule has 1 N–H and O–H groups in total. The number of rotatable bonds is 4. The molecule has 0 fully saturated rings. The highest BCUT2D eigenvalue weighted by atomic mass is 16.6. The molecular weight excluding hydrogens is 360 g/mol. The molecule has 2 aromatic carbocycles. The molecule has 0 saturated carbocycles. The van der Waals surface area contributed by atoms with E-state index in [2.05, 4.69) is 4.98 Å². The average Bonchev–Trinajstić information content (AvgIpc) is 2.95. The fourth-order valence-electron chi connectivity index (χ4n) is 3.04. The van der Waals surface area contributed by atoms with Crippen LogP contribution in [0.3, 0.4) is 0 Å². The Balaban J connectivity index is 2.13. The van der Waals surface area contributed by atoms with Crippen molar-refractivity contribution in [3.63, 3.8) is 0 Å². The Kier molecular flexibility index (Phi) is 4.77. The third kappa shape index (κ3) is 3.64. The lowest BCUT2D eigenvalue weighted by atomic mass is 9.97. The Morgan fingerprint density at radius 1 is 1.07 bits per heavy atom. The summed E-state index contributed by atoms with van der Waals surface area (Å²) in [6.07, 6.45) is 0. The van der Waals surface area contributed by atoms with Crippen molar-refractivity contribution in [3.05, 3.63) is 75.0 Å². The number of aromatic nitrogens is 1. The van der Waals surface area contributed by atoms with Crippen molar-refractivity contribution in [2.24, 2.45) is 0 Å². The van der Waals surface area contributed by atoms with Crippen LogP contribution in [0.25, 0.3) is 10.9 Å². The number of hydrogen-bond donors (Lipinski definition) is 1. The number of benzene rings is 2. The number of carbonyl (C=O) groups excluding carboxylic acids is 2. The Hall–Kier alpha value is -3.48. The zero-order valence-electron chi connectivity index (χ0n) is 16.0. The molecule has 144 valence electrons. The van der Waals surface area contributed by atoms with Gasteiger partial charge in [0.15, 0.2) is 5.78 Å². The number of non-ortho nitro benzene ring substituents is 1. The molecule has 0 amide bonds. The van der Waals surface area contributed by atoms with E-state index in [-0.39, 0.29) is 11.5 Å². The zero-order valence-corrected chi connectivity index (χ0v) is 16.0. The SMILES string of the molecule is Cc1[nH]c2cccc(C(=O)OC(C)(C)C)c2c1C(=O)c1ccc([N+](=O)[O-])cc1. The number of aromatic amines is 1. The van der Waals surface area contributed by atoms with Crippen molar-refractivity contribution in [1.82, 2.24) is 4.98 Å². The molecule has 0 saturated heterocycles. The molecule has 0 radical (unpaired) electrons. The third-order valence-corrected chi connectivity index (χ3v) is 4.20. The summed E-state index contributed by atoms with van der Waals surface area (Å²) < 4.78 is 5.48. The van der Waals surface area contributed by atoms with Gasteiger partial charge in [-0.2, -0.15) is 0 Å². The second-order valence-electron chi connectivity index (χ2n) is 7.49. The Labute approximate surface area is 161 Å². The molecule has 1 heterocycles. The molecule has 1 aromatic heterocycles. The van der Waals surface area contributed by atoms with E-state index < -0.39 is 16.5 Å². The zero-order chi connectivity index (χ0) is 20.6. The molecule has 0 bridgehead atoms. The fraction of sp³-hybridized carbons (Fsp3) is 0.238. The lowest BCUT2D eigenvalue weighted by molar-refractivity contribution is -0.384. The number of nitrogens with one attached hydrogen (secondary N) is 1. The lowest BCUT2D eigenvalue weighted by Crippen LogP contribution is -2.24. The van der Waals surface area contributed by atoms with E-state index in [1.54, 1.807) is 45.9 Å². The van der Waals surface area contributed by atoms with E-state index >= 15 is 0 Å². The van der Waals surface area contributed by atoms with Crippen LogP contribution in [0, 0.1) is 17.0 Å². The average molecular weight is 380 g/mol. The topological polar surface area (TPSA) is 102 Å². The van der Waals surface area contributed by atoms with E-state index in [1.165, 1.54) is 24.3 Å². The van der Waals surface area contributed by atoms with Crippen molar-refractivity contribution in [3.8, 4) is 0 Å². The van der Waals surface area contributed by atoms with Gasteiger partial charge in [-0.1, -0.05) is 6.07 Å². The molecular formula is C21H20N2O5. The van der Waals surface area contributed by atoms with Crippen LogP contribution in [0.2, 0.25) is 0 Å². The van der Waals surface area contributed by atoms with Gasteiger partial charge in [0.2, 0.25) is 0 Å². The number of nitro benzene ring substituents is 1. The largest absolute Gasteiger partial charge is 0.456 e. The number of fused-ring (bicyclic) bond motifs is 1. The van der Waals surface area contributed by atoms with Gasteiger partial charge in [-0.05, 0) is 52.0 Å². The van der Waals surface area contributed by atoms with Crippen molar-refractivity contribution < 1.29 is 19.2 Å². The summed E-state index contributed by atoms with van der Waals surface area (Å²) in [5, 5.41) is 11.3. The normalized spacial score (nSPS) is 11.4. The highest BCUT2D eigenvalue weighted by Crippen LogP contribution is 2.30. The summed E-state index contributed by atoms with van der Waals surface area (Å²) in [5.74, 6) is -0.843. The molecule has 28 heavy (non-hydrogen) atoms. The van der Waals surface area contributed by atoms with Crippen LogP contribution >= 0.6 is 0 Å². The summed E-state index contributed by atoms with van der Waals surface area (Å²) in [4.78, 5) is 39.3. The van der Waals surface area contributed by atoms with Gasteiger partial charge in [0, 0.05) is 34.3 Å². The predicted octanol–water partition coefficient (Wildman–Crippen LogP) is 4.57. The standard InChI is InChI=1S/C21H20N2O5/c1-12-17(19(24)13-8-10-14(11-9-13)23(26)27)18-15(6-5-7-16(18)22-12)20(25)28-21(2,3)4/h5-11,22H,1-4H3. The summed E-state index contributed by atoms with van der Waals surface area (Å²) in [7, 11) is 0. The monoisotopic (exact) mass is 380 g/mol. The van der Waals surface area contributed by atoms with Crippen LogP contribution in [0.1, 0.15) is 52.7 Å². The van der Waals surface area contributed by atoms with Gasteiger partial charge in [0.05, 0.1) is 16.1 Å². The number of H-pyrrole nitrogens is 1. The number of ether oxygens (including phenoxy) is 1. The highest BCUT2D eigenvalue weighted by molar-refractivity contribution is 6.21. The quantitative estimate of drug-likeness (QED) is 0.309. The number of nitrogens with zero attached hydrogens (tertiary/aromatic N) is 1. The molecule has 0 atom stereocenters. The number of carbonyl (C=O) groups is 2. The summed E-state index contributed by atoms with van der Waals surface area (Å²) >= 11 is 0. The molecule has 7 heteroatoms. The smallest absolute Gasteiger partial charge is 0.339 e. The first-order valence-corrected chi connectivity index (χ1v) is 8.72. The third-order valence-electron chi connectivity index (χ3n) is 4.20. The van der Waals surface area contributed by atoms with E-state index in [1.807, 2.05) is 0 Å². The van der Waals surface area contributed by atoms with Crippen molar-refractivity contribution in [2.45, 2.75) is 33.3 Å². The van der Waals surface area contributed by atoms with Gasteiger partial charge >= 0.3 is 5.97 Å². The lowest BCUT2D eigenvalue weighted by Gasteiger charge is -2.20. The number of hydrogen-bond acceptors (Lipinski definition) is 5. The molecule has 3 rings (SSSR count). The van der Waals surface area contributed by atoms with Crippen LogP contribution < -0.4 is 0 Å². The Bertz CT molecular complexity index is 1090. The molecule has 0 spiro atoms. The van der Waals surface area contributed by atoms with E-state index in [9.17, 15) is 19.7 Å². The molecule has 7 nitrogen and oxygen atoms in total. The van der Waals surface area contributed by atoms with Crippen LogP contribution in [0.4, 0.5) is 5.69 Å². The second kappa shape index (κ2) is 6.92. The van der Waals surface area contributed by atoms with Crippen LogP contribution in [0.5, 0.6) is 0 Å². The molecule has 0 aliphatic heterocycles. The maximum Gasteiger partial charge on any atom is 0.339 e. The van der Waals surface area contributed by atoms with Gasteiger partial charge in [-0.3, -0.25) is 14.9 Å². The maximum absolute atomic E-state index is 13.1. The van der Waals surface area contributed by atoms with Gasteiger partial charge in [-0.25, -0.2) is 4.79 Å². The van der Waals surface area contributed by atoms with Crippen molar-refractivity contribution in [2.75, 3.05) is 0 Å². The minimum Gasteiger partial charge on any atom is -0.456 e. The number of esters is 1. The minimum atomic E-state index is -0.673. The first-order chi connectivity index (χ1) is 13.1. The number of aryl methyl sites for hydroxylation is 1. The van der Waals surface area contributed by atoms with Crippen molar-refractivity contribution in [1.29, 1.82) is 0 Å². The fourth-order valence-corrected chi connectivity index (χ4v) is 3.04. The van der Waals surface area contributed by atoms with Gasteiger partial charge < -0.3 is 9.72 Å². The first kappa shape index (κ1) is 19.3. The number of nitro groups is 1. The summed E-state index contributed by atoms with van der Waals surface area (Å²) in [5.41, 5.74) is 1.43. The predicted molar refractivity (Wildman–Crippen MR) is 105 cm³/mol. The molecule has 0 aliphatic rings. The first-order valence-electron chi connectivity index (χ1n) is 8.72. The molecule has 0 aliphatic carbocycles. The molecule has 0 unspecified atom stereocenters. The van der Waals surface area contributed by atoms with Gasteiger partial charge in [-0.15, -0.1) is 0 Å². The maximum atomic E-state index is 13.1. The Morgan fingerprint density at radius 2 is 1.71 bits per heavy atom. The highest BCUT2D eigenvalue weighted by Gasteiger charge is 2.25. The second-order valence-corrected chi connectivity index (χ2v) is 7.49. The Morgan fingerprint density at radius 3 is 2.29 bits per heavy atom. The summed E-state index contributed by atoms with van der Waals surface area (Å²) in [6.45, 7) is 7.07. The van der Waals surface area contributed by atoms with E-state index in [4.69, 9.17) is 4.74 Å². The van der Waals surface area contributed by atoms with E-state index in [0.29, 0.717) is 33.3 Å². The van der Waals surface area contributed by atoms with Crippen molar-refractivity contribution >= 4 is 28.3 Å². The van der Waals surface area contributed by atoms with E-state index in [0.717, 1.165) is 0 Å². The summed E-state index contributed by atoms with van der Waals surface area (Å²) in [6, 6.07) is 10.5. The van der Waals surface area contributed by atoms with Crippen LogP contribution in [0.15, 0.2) is 42.5 Å². The number of ketones is 1.